The lowest BCUT2D eigenvalue weighted by Gasteiger charge is -2.18. The van der Waals surface area contributed by atoms with Crippen molar-refractivity contribution in [3.05, 3.63) is 35.9 Å². The van der Waals surface area contributed by atoms with Gasteiger partial charge in [0.1, 0.15) is 0 Å². The molecule has 2 nitrogen and oxygen atoms in total. The summed E-state index contributed by atoms with van der Waals surface area (Å²) in [7, 11) is 0. The Balaban J connectivity index is 2.45. The number of carboxylic acid groups (broad SMARTS) is 1. The molecule has 18 heavy (non-hydrogen) atoms. The van der Waals surface area contributed by atoms with Crippen LogP contribution in [-0.2, 0) is 11.2 Å². The van der Waals surface area contributed by atoms with Crippen LogP contribution < -0.4 is 0 Å². The summed E-state index contributed by atoms with van der Waals surface area (Å²) in [4.78, 5) is 10.4. The fraction of sp³-hybridized carbons (Fsp3) is 0.462. The Labute approximate surface area is 103 Å². The van der Waals surface area contributed by atoms with Crippen LogP contribution in [0.5, 0.6) is 0 Å². The van der Waals surface area contributed by atoms with Crippen molar-refractivity contribution in [2.45, 2.75) is 31.9 Å². The first kappa shape index (κ1) is 14.5. The van der Waals surface area contributed by atoms with E-state index in [-0.39, 0.29) is 6.42 Å². The van der Waals surface area contributed by atoms with Gasteiger partial charge >= 0.3 is 12.1 Å². The van der Waals surface area contributed by atoms with Gasteiger partial charge in [0.15, 0.2) is 0 Å². The smallest absolute Gasteiger partial charge is 0.392 e. The van der Waals surface area contributed by atoms with Crippen LogP contribution in [0, 0.1) is 5.92 Å². The van der Waals surface area contributed by atoms with E-state index in [0.29, 0.717) is 12.8 Å². The molecule has 1 rings (SSSR count). The van der Waals surface area contributed by atoms with Gasteiger partial charge in [-0.25, -0.2) is 0 Å². The average Bonchev–Trinajstić information content (AvgIpc) is 2.27. The molecule has 1 N–H and O–H groups in total. The molecular weight excluding hydrogens is 245 g/mol. The molecule has 0 saturated heterocycles. The van der Waals surface area contributed by atoms with Gasteiger partial charge in [0, 0.05) is 0 Å². The lowest BCUT2D eigenvalue weighted by atomic mass is 9.96. The summed E-state index contributed by atoms with van der Waals surface area (Å²) in [6, 6.07) is 9.19. The first-order valence-electron chi connectivity index (χ1n) is 5.72. The van der Waals surface area contributed by atoms with Gasteiger partial charge in [0.05, 0.1) is 12.3 Å². The molecule has 1 atom stereocenters. The van der Waals surface area contributed by atoms with E-state index in [0.717, 1.165) is 5.56 Å². The van der Waals surface area contributed by atoms with Gasteiger partial charge in [-0.05, 0) is 24.8 Å². The molecule has 1 aromatic rings. The standard InChI is InChI=1S/C13H15F3O2/c14-13(15,16)11(9-12(17)18)8-4-7-10-5-2-1-3-6-10/h1-3,5-6,11H,4,7-9H2,(H,17,18). The normalized spacial score (nSPS) is 13.3. The van der Waals surface area contributed by atoms with Gasteiger partial charge in [0.25, 0.3) is 0 Å². The Hall–Kier alpha value is -1.52. The number of carboxylic acids is 1. The molecule has 5 heteroatoms. The molecule has 0 radical (unpaired) electrons. The zero-order valence-corrected chi connectivity index (χ0v) is 9.78. The third-order valence-electron chi connectivity index (χ3n) is 2.74. The molecule has 0 spiro atoms. The molecule has 0 aliphatic carbocycles. The van der Waals surface area contributed by atoms with E-state index < -0.39 is 24.5 Å². The highest BCUT2D eigenvalue weighted by atomic mass is 19.4. The minimum atomic E-state index is -4.44. The van der Waals surface area contributed by atoms with Crippen LogP contribution >= 0.6 is 0 Å². The SMILES string of the molecule is O=C(O)CC(CCCc1ccccc1)C(F)(F)F. The molecule has 100 valence electrons. The Morgan fingerprint density at radius 1 is 1.22 bits per heavy atom. The van der Waals surface area contributed by atoms with Crippen LogP contribution in [0.1, 0.15) is 24.8 Å². The molecule has 0 fully saturated rings. The van der Waals surface area contributed by atoms with Gasteiger partial charge in [-0.1, -0.05) is 30.3 Å². The highest BCUT2D eigenvalue weighted by molar-refractivity contribution is 5.67. The van der Waals surface area contributed by atoms with Gasteiger partial charge in [-0.2, -0.15) is 13.2 Å². The number of benzene rings is 1. The second-order valence-corrected chi connectivity index (χ2v) is 4.21. The van der Waals surface area contributed by atoms with Crippen LogP contribution in [0.4, 0.5) is 13.2 Å². The van der Waals surface area contributed by atoms with E-state index in [2.05, 4.69) is 0 Å². The van der Waals surface area contributed by atoms with E-state index in [1.807, 2.05) is 30.3 Å². The topological polar surface area (TPSA) is 37.3 Å². The molecule has 1 unspecified atom stereocenters. The predicted molar refractivity (Wildman–Crippen MR) is 61.2 cm³/mol. The Bertz CT molecular complexity index is 374. The van der Waals surface area contributed by atoms with Gasteiger partial charge in [0.2, 0.25) is 0 Å². The van der Waals surface area contributed by atoms with E-state index >= 15 is 0 Å². The van der Waals surface area contributed by atoms with Crippen LogP contribution in [0.15, 0.2) is 30.3 Å². The summed E-state index contributed by atoms with van der Waals surface area (Å²) in [6.07, 6.45) is -4.56. The number of hydrogen-bond donors (Lipinski definition) is 1. The molecule has 0 aliphatic heterocycles. The van der Waals surface area contributed by atoms with Gasteiger partial charge in [-0.15, -0.1) is 0 Å². The van der Waals surface area contributed by atoms with E-state index in [9.17, 15) is 18.0 Å². The van der Waals surface area contributed by atoms with E-state index in [1.165, 1.54) is 0 Å². The minimum absolute atomic E-state index is 0.148. The van der Waals surface area contributed by atoms with Gasteiger partial charge < -0.3 is 5.11 Å². The molecule has 0 saturated carbocycles. The number of aliphatic carboxylic acids is 1. The number of hydrogen-bond acceptors (Lipinski definition) is 1. The maximum atomic E-state index is 12.5. The average molecular weight is 260 g/mol. The third kappa shape index (κ3) is 5.21. The van der Waals surface area contributed by atoms with Gasteiger partial charge in [-0.3, -0.25) is 4.79 Å². The second-order valence-electron chi connectivity index (χ2n) is 4.21. The molecule has 0 heterocycles. The van der Waals surface area contributed by atoms with Crippen molar-refractivity contribution in [3.8, 4) is 0 Å². The summed E-state index contributed by atoms with van der Waals surface area (Å²) in [5.41, 5.74) is 0.966. The maximum Gasteiger partial charge on any atom is 0.392 e. The van der Waals surface area contributed by atoms with Crippen LogP contribution in [0.3, 0.4) is 0 Å². The third-order valence-corrected chi connectivity index (χ3v) is 2.74. The lowest BCUT2D eigenvalue weighted by molar-refractivity contribution is -0.184. The summed E-state index contributed by atoms with van der Waals surface area (Å²) in [5, 5.41) is 8.46. The predicted octanol–water partition coefficient (Wildman–Crippen LogP) is 3.66. The molecule has 0 aliphatic rings. The molecular formula is C13H15F3O2. The van der Waals surface area contributed by atoms with Crippen molar-refractivity contribution in [1.29, 1.82) is 0 Å². The summed E-state index contributed by atoms with van der Waals surface area (Å²) in [6.45, 7) is 0. The van der Waals surface area contributed by atoms with E-state index in [1.54, 1.807) is 0 Å². The second kappa shape index (κ2) is 6.42. The van der Waals surface area contributed by atoms with E-state index in [4.69, 9.17) is 5.11 Å². The van der Waals surface area contributed by atoms with Crippen LogP contribution in [0.2, 0.25) is 0 Å². The van der Waals surface area contributed by atoms with Crippen molar-refractivity contribution in [2.24, 2.45) is 5.92 Å². The number of aryl methyl sites for hydroxylation is 1. The zero-order valence-electron chi connectivity index (χ0n) is 9.78. The van der Waals surface area contributed by atoms with Crippen molar-refractivity contribution < 1.29 is 23.1 Å². The summed E-state index contributed by atoms with van der Waals surface area (Å²) in [5.74, 6) is -3.16. The molecule has 0 bridgehead atoms. The van der Waals surface area contributed by atoms with Crippen molar-refractivity contribution in [3.63, 3.8) is 0 Å². The van der Waals surface area contributed by atoms with Crippen LogP contribution in [-0.4, -0.2) is 17.3 Å². The minimum Gasteiger partial charge on any atom is -0.481 e. The van der Waals surface area contributed by atoms with Crippen molar-refractivity contribution in [2.75, 3.05) is 0 Å². The Morgan fingerprint density at radius 3 is 2.33 bits per heavy atom. The molecule has 0 aromatic heterocycles. The Morgan fingerprint density at radius 2 is 1.83 bits per heavy atom. The Kier molecular flexibility index (Phi) is 5.19. The highest BCUT2D eigenvalue weighted by Gasteiger charge is 2.40. The fourth-order valence-electron chi connectivity index (χ4n) is 1.79. The summed E-state index contributed by atoms with van der Waals surface area (Å²) < 4.78 is 37.6. The van der Waals surface area contributed by atoms with Crippen molar-refractivity contribution in [1.82, 2.24) is 0 Å². The quantitative estimate of drug-likeness (QED) is 0.847. The number of alkyl halides is 3. The monoisotopic (exact) mass is 260 g/mol. The first-order chi connectivity index (χ1) is 8.39. The van der Waals surface area contributed by atoms with Crippen molar-refractivity contribution >= 4 is 5.97 Å². The fourth-order valence-corrected chi connectivity index (χ4v) is 1.79. The first-order valence-corrected chi connectivity index (χ1v) is 5.72. The van der Waals surface area contributed by atoms with Crippen LogP contribution in [0.25, 0.3) is 0 Å². The lowest BCUT2D eigenvalue weighted by Crippen LogP contribution is -2.25. The molecule has 0 amide bonds. The number of halogens is 3. The number of carbonyl (C=O) groups is 1. The highest BCUT2D eigenvalue weighted by Crippen LogP contribution is 2.32. The zero-order chi connectivity index (χ0) is 13.6. The molecule has 1 aromatic carbocycles. The maximum absolute atomic E-state index is 12.5. The summed E-state index contributed by atoms with van der Waals surface area (Å²) >= 11 is 0. The number of rotatable bonds is 6. The largest absolute Gasteiger partial charge is 0.481 e.